The van der Waals surface area contributed by atoms with Gasteiger partial charge in [0, 0.05) is 5.92 Å². The molecule has 4 rings (SSSR count). The molecule has 0 amide bonds. The Morgan fingerprint density at radius 2 is 2.04 bits per heavy atom. The average molecular weight is 396 g/mol. The Kier molecular flexibility index (Phi) is 4.26. The number of rotatable bonds is 6. The monoisotopic (exact) mass is 395 g/mol. The van der Waals surface area contributed by atoms with E-state index in [-0.39, 0.29) is 4.21 Å². The number of aromatic nitrogens is 2. The number of halogens is 1. The molecule has 0 saturated heterocycles. The highest BCUT2D eigenvalue weighted by atomic mass is 35.5. The van der Waals surface area contributed by atoms with E-state index in [0.717, 1.165) is 35.6 Å². The summed E-state index contributed by atoms with van der Waals surface area (Å²) in [7, 11) is -3.69. The highest BCUT2D eigenvalue weighted by Crippen LogP contribution is 2.38. The molecule has 0 unspecified atom stereocenters. The first kappa shape index (κ1) is 16.6. The molecule has 2 aromatic heterocycles. The number of thiophene rings is 1. The molecule has 1 aromatic carbocycles. The van der Waals surface area contributed by atoms with Crippen LogP contribution in [-0.2, 0) is 16.4 Å². The van der Waals surface area contributed by atoms with Gasteiger partial charge in [0.05, 0.1) is 16.4 Å². The lowest BCUT2D eigenvalue weighted by molar-refractivity contribution is 0.379. The Morgan fingerprint density at radius 3 is 2.76 bits per heavy atom. The van der Waals surface area contributed by atoms with E-state index >= 15 is 0 Å². The van der Waals surface area contributed by atoms with Crippen molar-refractivity contribution in [1.82, 2.24) is 10.1 Å². The molecule has 1 aliphatic rings. The summed E-state index contributed by atoms with van der Waals surface area (Å²) in [5, 5.41) is 3.99. The van der Waals surface area contributed by atoms with Crippen LogP contribution in [0.15, 0.2) is 45.1 Å². The van der Waals surface area contributed by atoms with Crippen LogP contribution in [0.1, 0.15) is 36.0 Å². The molecular formula is C16H14ClN3O3S2. The fourth-order valence-corrected chi connectivity index (χ4v) is 5.00. The molecule has 3 aromatic rings. The molecule has 1 N–H and O–H groups in total. The van der Waals surface area contributed by atoms with E-state index in [0.29, 0.717) is 28.3 Å². The van der Waals surface area contributed by atoms with E-state index in [9.17, 15) is 8.42 Å². The minimum absolute atomic E-state index is 0.168. The minimum Gasteiger partial charge on any atom is -0.339 e. The van der Waals surface area contributed by atoms with Crippen molar-refractivity contribution in [3.63, 3.8) is 0 Å². The third kappa shape index (κ3) is 3.70. The van der Waals surface area contributed by atoms with Gasteiger partial charge in [0.2, 0.25) is 5.89 Å². The highest BCUT2D eigenvalue weighted by molar-refractivity contribution is 7.94. The van der Waals surface area contributed by atoms with Crippen molar-refractivity contribution in [3.05, 3.63) is 58.0 Å². The number of hydrogen-bond acceptors (Lipinski definition) is 6. The number of hydrogen-bond donors (Lipinski definition) is 1. The van der Waals surface area contributed by atoms with Gasteiger partial charge >= 0.3 is 0 Å². The molecule has 1 aliphatic carbocycles. The standard InChI is InChI=1S/C16H14ClN3O3S2/c17-13-7-8-15(24-13)25(21,22)20-12-4-2-1-3-11(12)9-14-18-16(19-23-14)10-5-6-10/h1-4,7-8,10,20H,5-6,9H2. The molecule has 130 valence electrons. The Labute approximate surface area is 153 Å². The van der Waals surface area contributed by atoms with Crippen molar-refractivity contribution in [2.75, 3.05) is 4.72 Å². The number of nitrogens with zero attached hydrogens (tertiary/aromatic N) is 2. The van der Waals surface area contributed by atoms with Gasteiger partial charge in [-0.1, -0.05) is 35.0 Å². The summed E-state index contributed by atoms with van der Waals surface area (Å²) in [5.41, 5.74) is 1.25. The van der Waals surface area contributed by atoms with Crippen molar-refractivity contribution in [1.29, 1.82) is 0 Å². The van der Waals surface area contributed by atoms with Crippen molar-refractivity contribution in [2.45, 2.75) is 29.4 Å². The Balaban J connectivity index is 1.58. The van der Waals surface area contributed by atoms with E-state index in [4.69, 9.17) is 16.1 Å². The summed E-state index contributed by atoms with van der Waals surface area (Å²) in [5.74, 6) is 1.63. The van der Waals surface area contributed by atoms with Gasteiger partial charge in [0.1, 0.15) is 4.21 Å². The second-order valence-corrected chi connectivity index (χ2v) is 9.44. The molecule has 0 radical (unpaired) electrons. The number of nitrogens with one attached hydrogen (secondary N) is 1. The summed E-state index contributed by atoms with van der Waals surface area (Å²) in [6.07, 6.45) is 2.56. The maximum Gasteiger partial charge on any atom is 0.271 e. The molecule has 1 saturated carbocycles. The zero-order valence-electron chi connectivity index (χ0n) is 13.0. The SMILES string of the molecule is O=S(=O)(Nc1ccccc1Cc1nc(C2CC2)no1)c1ccc(Cl)s1. The fraction of sp³-hybridized carbons (Fsp3) is 0.250. The lowest BCUT2D eigenvalue weighted by Gasteiger charge is -2.10. The Hall–Kier alpha value is -1.90. The van der Waals surface area contributed by atoms with Crippen LogP contribution in [0.4, 0.5) is 5.69 Å². The van der Waals surface area contributed by atoms with Gasteiger partial charge in [-0.25, -0.2) is 8.42 Å². The van der Waals surface area contributed by atoms with E-state index in [1.807, 2.05) is 12.1 Å². The number of para-hydroxylation sites is 1. The van der Waals surface area contributed by atoms with Crippen molar-refractivity contribution in [2.24, 2.45) is 0 Å². The predicted octanol–water partition coefficient (Wildman–Crippen LogP) is 4.05. The summed E-state index contributed by atoms with van der Waals surface area (Å²) < 4.78 is 33.5. The van der Waals surface area contributed by atoms with Crippen LogP contribution < -0.4 is 4.72 Å². The molecule has 9 heteroatoms. The highest BCUT2D eigenvalue weighted by Gasteiger charge is 2.29. The van der Waals surface area contributed by atoms with E-state index in [2.05, 4.69) is 14.9 Å². The zero-order valence-corrected chi connectivity index (χ0v) is 15.4. The second-order valence-electron chi connectivity index (χ2n) is 5.82. The van der Waals surface area contributed by atoms with Crippen LogP contribution in [0.5, 0.6) is 0 Å². The van der Waals surface area contributed by atoms with Crippen LogP contribution in [0, 0.1) is 0 Å². The first-order valence-electron chi connectivity index (χ1n) is 7.70. The third-order valence-corrected chi connectivity index (χ3v) is 6.93. The molecule has 2 heterocycles. The van der Waals surface area contributed by atoms with Crippen LogP contribution in [0.2, 0.25) is 4.34 Å². The van der Waals surface area contributed by atoms with Crippen molar-refractivity contribution >= 4 is 38.6 Å². The summed E-state index contributed by atoms with van der Waals surface area (Å²) in [6.45, 7) is 0. The molecule has 0 bridgehead atoms. The van der Waals surface area contributed by atoms with Gasteiger partial charge in [0.25, 0.3) is 10.0 Å². The van der Waals surface area contributed by atoms with Crippen LogP contribution in [0.25, 0.3) is 0 Å². The normalized spacial score (nSPS) is 14.6. The molecule has 0 aliphatic heterocycles. The van der Waals surface area contributed by atoms with Crippen LogP contribution in [0.3, 0.4) is 0 Å². The molecular weight excluding hydrogens is 382 g/mol. The van der Waals surface area contributed by atoms with Crippen LogP contribution in [-0.4, -0.2) is 18.6 Å². The maximum atomic E-state index is 12.5. The first-order valence-corrected chi connectivity index (χ1v) is 10.4. The molecule has 1 fully saturated rings. The lowest BCUT2D eigenvalue weighted by atomic mass is 10.1. The van der Waals surface area contributed by atoms with Crippen molar-refractivity contribution in [3.8, 4) is 0 Å². The quantitative estimate of drug-likeness (QED) is 0.680. The smallest absolute Gasteiger partial charge is 0.271 e. The topological polar surface area (TPSA) is 85.1 Å². The average Bonchev–Trinajstić information content (AvgIpc) is 3.16. The summed E-state index contributed by atoms with van der Waals surface area (Å²) in [4.78, 5) is 4.40. The number of sulfonamides is 1. The Bertz CT molecular complexity index is 1010. The zero-order chi connectivity index (χ0) is 17.4. The molecule has 25 heavy (non-hydrogen) atoms. The Morgan fingerprint density at radius 1 is 1.24 bits per heavy atom. The van der Waals surface area contributed by atoms with Gasteiger partial charge in [-0.05, 0) is 36.6 Å². The van der Waals surface area contributed by atoms with Gasteiger partial charge < -0.3 is 4.52 Å². The van der Waals surface area contributed by atoms with E-state index in [1.165, 1.54) is 6.07 Å². The van der Waals surface area contributed by atoms with Gasteiger partial charge in [0.15, 0.2) is 5.82 Å². The maximum absolute atomic E-state index is 12.5. The molecule has 0 spiro atoms. The van der Waals surface area contributed by atoms with Gasteiger partial charge in [-0.3, -0.25) is 4.72 Å². The third-order valence-electron chi connectivity index (χ3n) is 3.84. The molecule has 0 atom stereocenters. The largest absolute Gasteiger partial charge is 0.339 e. The summed E-state index contributed by atoms with van der Waals surface area (Å²) in [6, 6.07) is 10.2. The fourth-order valence-electron chi connectivity index (χ4n) is 2.42. The summed E-state index contributed by atoms with van der Waals surface area (Å²) >= 11 is 6.85. The molecule has 6 nitrogen and oxygen atoms in total. The predicted molar refractivity (Wildman–Crippen MR) is 95.7 cm³/mol. The lowest BCUT2D eigenvalue weighted by Crippen LogP contribution is -2.13. The minimum atomic E-state index is -3.69. The second kappa shape index (κ2) is 6.44. The number of benzene rings is 1. The van der Waals surface area contributed by atoms with E-state index in [1.54, 1.807) is 18.2 Å². The first-order chi connectivity index (χ1) is 12.0. The number of anilines is 1. The van der Waals surface area contributed by atoms with E-state index < -0.39 is 10.0 Å². The van der Waals surface area contributed by atoms with Gasteiger partial charge in [-0.15, -0.1) is 11.3 Å². The van der Waals surface area contributed by atoms with Gasteiger partial charge in [-0.2, -0.15) is 4.98 Å². The van der Waals surface area contributed by atoms with Crippen LogP contribution >= 0.6 is 22.9 Å². The van der Waals surface area contributed by atoms with Crippen molar-refractivity contribution < 1.29 is 12.9 Å².